The molecule has 324 valence electrons. The van der Waals surface area contributed by atoms with E-state index in [0.29, 0.717) is 0 Å². The molecule has 0 aliphatic carbocycles. The highest BCUT2D eigenvalue weighted by Crippen LogP contribution is 2.47. The van der Waals surface area contributed by atoms with E-state index in [1.165, 1.54) is 0 Å². The zero-order chi connectivity index (χ0) is 45.9. The van der Waals surface area contributed by atoms with Crippen molar-refractivity contribution in [2.75, 3.05) is 0 Å². The Morgan fingerprint density at radius 2 is 0.543 bits per heavy atom. The van der Waals surface area contributed by atoms with Crippen LogP contribution in [-0.2, 0) is 0 Å². The summed E-state index contributed by atoms with van der Waals surface area (Å²) in [6.45, 7) is -0.215. The summed E-state index contributed by atoms with van der Waals surface area (Å²) in [6, 6.07) is 62.5. The van der Waals surface area contributed by atoms with Crippen LogP contribution in [0.2, 0.25) is 0 Å². The normalized spacial score (nSPS) is 12.6. The maximum absolute atomic E-state index is 7.10. The number of ether oxygens (including phenoxy) is 3. The topological polar surface area (TPSA) is 105 Å². The van der Waals surface area contributed by atoms with Crippen LogP contribution in [0.25, 0.3) is 99.9 Å². The van der Waals surface area contributed by atoms with Gasteiger partial charge in [0, 0.05) is 49.2 Å². The predicted octanol–water partition coefficient (Wildman–Crippen LogP) is 12.4. The molecule has 0 saturated heterocycles. The number of fused-ring (bicyclic) bond motifs is 3. The lowest BCUT2D eigenvalue weighted by molar-refractivity contribution is 0.443. The molecule has 70 heavy (non-hydrogen) atoms. The van der Waals surface area contributed by atoms with Crippen LogP contribution >= 0.6 is 0 Å². The molecule has 0 unspecified atom stereocenters. The highest BCUT2D eigenvalue weighted by atomic mass is 16.5. The largest absolute Gasteiger partial charge is 0.458 e. The molecule has 12 aromatic rings. The van der Waals surface area contributed by atoms with Gasteiger partial charge in [0.25, 0.3) is 6.71 Å². The Labute approximate surface area is 400 Å². The Hall–Kier alpha value is -9.54. The monoisotopic (exact) mass is 896 g/mol. The van der Waals surface area contributed by atoms with Crippen LogP contribution in [0.15, 0.2) is 201 Å². The third-order valence-corrected chi connectivity index (χ3v) is 13.9. The van der Waals surface area contributed by atoms with E-state index in [0.717, 1.165) is 151 Å². The van der Waals surface area contributed by atoms with Crippen molar-refractivity contribution in [3.05, 3.63) is 201 Å². The fourth-order valence-corrected chi connectivity index (χ4v) is 10.6. The molecule has 9 nitrogen and oxygen atoms in total. The SMILES string of the molecule is c1ccc(-c2ncnc3ccc(-c4cc5c6c(c4)Oc4cc(-c7ccc8ncnc(-c9ccccc9)c8c7)cc7c4B6c4c(cc(-c6ccc8ncnc(-c9ccccc9)c8c6)cc4O7)O5)cc23)cc1. The first-order valence-electron chi connectivity index (χ1n) is 23.1. The Bertz CT molecular complexity index is 3680. The van der Waals surface area contributed by atoms with E-state index >= 15 is 0 Å². The lowest BCUT2D eigenvalue weighted by atomic mass is 9.33. The van der Waals surface area contributed by atoms with Gasteiger partial charge in [-0.25, -0.2) is 29.9 Å². The van der Waals surface area contributed by atoms with E-state index < -0.39 is 0 Å². The number of aromatic nitrogens is 6. The standard InChI is InChI=1S/C60H33BN6O3/c1-4-10-34(11-5-1)58-43-22-37(16-19-46(43)62-31-65-58)40-25-49-55-50(26-40)69-52-28-42(39-18-21-48-45(24-39)60(67-33-64-48)36-14-8-3-9-15-36)30-54-57(52)61(55)56-51(68-49)27-41(29-53(56)70-54)38-17-20-47-44(23-38)59(66-32-63-47)35-12-6-2-7-13-35/h1-33H. The molecule has 3 aliphatic rings. The van der Waals surface area contributed by atoms with Crippen molar-refractivity contribution in [3.63, 3.8) is 0 Å². The average Bonchev–Trinajstić information content (AvgIpc) is 3.42. The van der Waals surface area contributed by atoms with Crippen LogP contribution in [0.4, 0.5) is 0 Å². The minimum absolute atomic E-state index is 0.215. The van der Waals surface area contributed by atoms with Gasteiger partial charge in [-0.3, -0.25) is 0 Å². The van der Waals surface area contributed by atoms with Gasteiger partial charge in [0.2, 0.25) is 0 Å². The average molecular weight is 897 g/mol. The first kappa shape index (κ1) is 38.6. The third kappa shape index (κ3) is 5.99. The van der Waals surface area contributed by atoms with Gasteiger partial charge < -0.3 is 14.2 Å². The number of hydrogen-bond donors (Lipinski definition) is 0. The smallest absolute Gasteiger partial charge is 0.270 e. The number of benzene rings is 9. The Morgan fingerprint density at radius 3 is 0.829 bits per heavy atom. The zero-order valence-electron chi connectivity index (χ0n) is 37.0. The molecule has 0 radical (unpaired) electrons. The molecule has 3 aromatic heterocycles. The summed E-state index contributed by atoms with van der Waals surface area (Å²) >= 11 is 0. The molecule has 0 N–H and O–H groups in total. The van der Waals surface area contributed by atoms with Crippen molar-refractivity contribution < 1.29 is 14.2 Å². The molecule has 0 spiro atoms. The Morgan fingerprint density at radius 1 is 0.257 bits per heavy atom. The summed E-state index contributed by atoms with van der Waals surface area (Å²) in [4.78, 5) is 28.2. The van der Waals surface area contributed by atoms with E-state index in [1.807, 2.05) is 54.6 Å². The van der Waals surface area contributed by atoms with Crippen molar-refractivity contribution in [2.45, 2.75) is 0 Å². The Balaban J connectivity index is 0.925. The summed E-state index contributed by atoms with van der Waals surface area (Å²) in [6.07, 6.45) is 4.89. The van der Waals surface area contributed by atoms with Crippen LogP contribution < -0.4 is 30.6 Å². The van der Waals surface area contributed by atoms with Crippen molar-refractivity contribution in [1.29, 1.82) is 0 Å². The first-order valence-corrected chi connectivity index (χ1v) is 23.1. The van der Waals surface area contributed by atoms with Crippen molar-refractivity contribution in [2.24, 2.45) is 0 Å². The van der Waals surface area contributed by atoms with Gasteiger partial charge in [0.05, 0.1) is 33.6 Å². The fraction of sp³-hybridized carbons (Fsp3) is 0. The number of rotatable bonds is 6. The molecular weight excluding hydrogens is 864 g/mol. The molecule has 0 atom stereocenters. The Kier molecular flexibility index (Phi) is 8.25. The zero-order valence-corrected chi connectivity index (χ0v) is 37.0. The molecule has 6 heterocycles. The molecule has 15 rings (SSSR count). The van der Waals surface area contributed by atoms with E-state index in [9.17, 15) is 0 Å². The molecular formula is C60H33BN6O3. The fourth-order valence-electron chi connectivity index (χ4n) is 10.6. The van der Waals surface area contributed by atoms with Crippen LogP contribution in [0, 0.1) is 0 Å². The lowest BCUT2D eigenvalue weighted by Crippen LogP contribution is -2.59. The first-order chi connectivity index (χ1) is 34.6. The van der Waals surface area contributed by atoms with E-state index in [-0.39, 0.29) is 6.71 Å². The van der Waals surface area contributed by atoms with Gasteiger partial charge in [-0.1, -0.05) is 109 Å². The van der Waals surface area contributed by atoms with Crippen LogP contribution in [-0.4, -0.2) is 36.6 Å². The summed E-state index contributed by atoms with van der Waals surface area (Å²) in [5.74, 6) is 4.36. The van der Waals surface area contributed by atoms with Crippen LogP contribution in [0.1, 0.15) is 0 Å². The summed E-state index contributed by atoms with van der Waals surface area (Å²) < 4.78 is 21.3. The van der Waals surface area contributed by atoms with E-state index in [1.54, 1.807) is 19.0 Å². The van der Waals surface area contributed by atoms with E-state index in [4.69, 9.17) is 29.2 Å². The quantitative estimate of drug-likeness (QED) is 0.151. The van der Waals surface area contributed by atoms with Crippen molar-refractivity contribution >= 4 is 55.8 Å². The van der Waals surface area contributed by atoms with Gasteiger partial charge in [-0.05, 0) is 106 Å². The second-order valence-corrected chi connectivity index (χ2v) is 17.9. The summed E-state index contributed by atoms with van der Waals surface area (Å²) in [5.41, 5.74) is 17.0. The minimum Gasteiger partial charge on any atom is -0.458 e. The molecule has 9 aromatic carbocycles. The van der Waals surface area contributed by atoms with Gasteiger partial charge in [-0.2, -0.15) is 0 Å². The van der Waals surface area contributed by atoms with Crippen LogP contribution in [0.3, 0.4) is 0 Å². The molecule has 3 aliphatic heterocycles. The number of nitrogens with zero attached hydrogens (tertiary/aromatic N) is 6. The maximum atomic E-state index is 7.10. The van der Waals surface area contributed by atoms with Crippen molar-refractivity contribution in [1.82, 2.24) is 29.9 Å². The predicted molar refractivity (Wildman–Crippen MR) is 276 cm³/mol. The third-order valence-electron chi connectivity index (χ3n) is 13.9. The lowest BCUT2D eigenvalue weighted by Gasteiger charge is -2.38. The van der Waals surface area contributed by atoms with Gasteiger partial charge in [-0.15, -0.1) is 0 Å². The van der Waals surface area contributed by atoms with Crippen molar-refractivity contribution in [3.8, 4) is 102 Å². The summed E-state index contributed by atoms with van der Waals surface area (Å²) in [7, 11) is 0. The number of hydrogen-bond acceptors (Lipinski definition) is 9. The molecule has 0 fully saturated rings. The maximum Gasteiger partial charge on any atom is 0.270 e. The molecule has 0 bridgehead atoms. The second-order valence-electron chi connectivity index (χ2n) is 17.9. The van der Waals surface area contributed by atoms with E-state index in [2.05, 4.69) is 142 Å². The molecule has 0 amide bonds. The molecule has 0 saturated carbocycles. The minimum atomic E-state index is -0.215. The van der Waals surface area contributed by atoms with Gasteiger partial charge >= 0.3 is 0 Å². The van der Waals surface area contributed by atoms with Crippen LogP contribution in [0.5, 0.6) is 34.5 Å². The highest BCUT2D eigenvalue weighted by molar-refractivity contribution is 6.99. The van der Waals surface area contributed by atoms with Gasteiger partial charge in [0.15, 0.2) is 0 Å². The summed E-state index contributed by atoms with van der Waals surface area (Å²) in [5, 5.41) is 2.86. The van der Waals surface area contributed by atoms with Gasteiger partial charge in [0.1, 0.15) is 53.5 Å². The second kappa shape index (κ2) is 15.0. The molecule has 10 heteroatoms. The highest BCUT2D eigenvalue weighted by Gasteiger charge is 2.47.